The number of benzene rings is 3. The Kier molecular flexibility index (Phi) is 5.27. The van der Waals surface area contributed by atoms with Crippen molar-refractivity contribution in [1.29, 1.82) is 0 Å². The van der Waals surface area contributed by atoms with E-state index in [1.165, 1.54) is 0 Å². The van der Waals surface area contributed by atoms with E-state index in [0.29, 0.717) is 17.7 Å². The van der Waals surface area contributed by atoms with E-state index in [-0.39, 0.29) is 4.90 Å². The fourth-order valence-corrected chi connectivity index (χ4v) is 4.95. The number of aromatic nitrogens is 3. The predicted octanol–water partition coefficient (Wildman–Crippen LogP) is 4.53. The molecule has 0 saturated carbocycles. The van der Waals surface area contributed by atoms with Crippen LogP contribution in [0.3, 0.4) is 0 Å². The maximum absolute atomic E-state index is 13.0. The van der Waals surface area contributed by atoms with Gasteiger partial charge in [-0.25, -0.2) is 13.4 Å². The van der Waals surface area contributed by atoms with Crippen molar-refractivity contribution in [2.45, 2.75) is 11.4 Å². The second-order valence-electron chi connectivity index (χ2n) is 7.63. The summed E-state index contributed by atoms with van der Waals surface area (Å²) < 4.78 is 30.8. The second kappa shape index (κ2) is 8.40. The van der Waals surface area contributed by atoms with E-state index in [1.807, 2.05) is 59.3 Å². The Bertz CT molecular complexity index is 1520. The largest absolute Gasteiger partial charge is 0.399 e. The van der Waals surface area contributed by atoms with Crippen LogP contribution in [0, 0.1) is 0 Å². The first-order chi connectivity index (χ1) is 16.0. The van der Waals surface area contributed by atoms with Crippen LogP contribution in [-0.2, 0) is 16.6 Å². The van der Waals surface area contributed by atoms with Crippen molar-refractivity contribution in [2.24, 2.45) is 0 Å². The van der Waals surface area contributed by atoms with Crippen LogP contribution < -0.4 is 10.5 Å². The topological polar surface area (TPSA) is 103 Å². The molecule has 5 rings (SSSR count). The summed E-state index contributed by atoms with van der Waals surface area (Å²) >= 11 is 0. The summed E-state index contributed by atoms with van der Waals surface area (Å²) in [4.78, 5) is 8.87. The van der Waals surface area contributed by atoms with Crippen molar-refractivity contribution < 1.29 is 8.42 Å². The van der Waals surface area contributed by atoms with Crippen LogP contribution in [0.2, 0.25) is 0 Å². The number of nitrogens with one attached hydrogen (secondary N) is 1. The average Bonchev–Trinajstić information content (AvgIpc) is 3.28. The third-order valence-corrected chi connectivity index (χ3v) is 6.74. The summed E-state index contributed by atoms with van der Waals surface area (Å²) in [6, 6.07) is 23.6. The summed E-state index contributed by atoms with van der Waals surface area (Å²) in [6.07, 6.45) is 5.25. The van der Waals surface area contributed by atoms with Crippen molar-refractivity contribution in [1.82, 2.24) is 14.5 Å². The number of imidazole rings is 1. The molecule has 0 saturated heterocycles. The van der Waals surface area contributed by atoms with Crippen LogP contribution in [0.1, 0.15) is 5.56 Å². The number of nitrogen functional groups attached to an aromatic ring is 1. The third-order valence-electron chi connectivity index (χ3n) is 5.33. The Balaban J connectivity index is 1.38. The Morgan fingerprint density at radius 1 is 0.848 bits per heavy atom. The number of rotatable bonds is 6. The van der Waals surface area contributed by atoms with Gasteiger partial charge in [0.2, 0.25) is 0 Å². The van der Waals surface area contributed by atoms with Crippen molar-refractivity contribution in [3.05, 3.63) is 103 Å². The SMILES string of the molecule is Nc1ccc(Cn2ccnc2-c2ccc(NS(=O)(=O)c3cccc4cccnc34)cc2)cc1. The van der Waals surface area contributed by atoms with E-state index < -0.39 is 10.0 Å². The molecule has 3 aromatic carbocycles. The van der Waals surface area contributed by atoms with Crippen molar-refractivity contribution in [2.75, 3.05) is 10.5 Å². The summed E-state index contributed by atoms with van der Waals surface area (Å²) in [6.45, 7) is 0.651. The maximum Gasteiger partial charge on any atom is 0.264 e. The van der Waals surface area contributed by atoms with Crippen molar-refractivity contribution >= 4 is 32.3 Å². The van der Waals surface area contributed by atoms with Gasteiger partial charge in [-0.3, -0.25) is 9.71 Å². The summed E-state index contributed by atoms with van der Waals surface area (Å²) in [5, 5.41) is 0.767. The average molecular weight is 456 g/mol. The lowest BCUT2D eigenvalue weighted by molar-refractivity contribution is 0.602. The highest BCUT2D eigenvalue weighted by molar-refractivity contribution is 7.93. The van der Waals surface area contributed by atoms with Gasteiger partial charge >= 0.3 is 0 Å². The van der Waals surface area contributed by atoms with Crippen LogP contribution >= 0.6 is 0 Å². The molecule has 2 heterocycles. The van der Waals surface area contributed by atoms with Crippen molar-refractivity contribution in [3.8, 4) is 11.4 Å². The molecule has 5 aromatic rings. The Hall–Kier alpha value is -4.17. The third kappa shape index (κ3) is 4.28. The zero-order valence-corrected chi connectivity index (χ0v) is 18.4. The molecular formula is C25H21N5O2S. The molecule has 0 amide bonds. The number of fused-ring (bicyclic) bond motifs is 1. The van der Waals surface area contributed by atoms with Crippen LogP contribution in [0.5, 0.6) is 0 Å². The molecule has 0 fully saturated rings. The molecule has 8 heteroatoms. The van der Waals surface area contributed by atoms with E-state index in [9.17, 15) is 8.42 Å². The van der Waals surface area contributed by atoms with E-state index in [2.05, 4.69) is 14.7 Å². The molecule has 0 atom stereocenters. The normalized spacial score (nSPS) is 11.5. The van der Waals surface area contributed by atoms with E-state index in [0.717, 1.165) is 28.0 Å². The Morgan fingerprint density at radius 2 is 1.61 bits per heavy atom. The van der Waals surface area contributed by atoms with Gasteiger partial charge in [0.05, 0.1) is 5.52 Å². The molecular weight excluding hydrogens is 434 g/mol. The number of pyridine rings is 1. The lowest BCUT2D eigenvalue weighted by atomic mass is 10.1. The van der Waals surface area contributed by atoms with Gasteiger partial charge in [-0.1, -0.05) is 30.3 Å². The monoisotopic (exact) mass is 455 g/mol. The Labute approximate surface area is 191 Å². The van der Waals surface area contributed by atoms with Gasteiger partial charge in [0.25, 0.3) is 10.0 Å². The smallest absolute Gasteiger partial charge is 0.264 e. The molecule has 2 aromatic heterocycles. The van der Waals surface area contributed by atoms with E-state index in [4.69, 9.17) is 5.73 Å². The summed E-state index contributed by atoms with van der Waals surface area (Å²) in [5.74, 6) is 0.791. The number of sulfonamides is 1. The molecule has 164 valence electrons. The quantitative estimate of drug-likeness (QED) is 0.366. The molecule has 0 spiro atoms. The van der Waals surface area contributed by atoms with Crippen LogP contribution in [-0.4, -0.2) is 23.0 Å². The molecule has 33 heavy (non-hydrogen) atoms. The first-order valence-electron chi connectivity index (χ1n) is 10.3. The van der Waals surface area contributed by atoms with Gasteiger partial charge in [0.15, 0.2) is 0 Å². The molecule has 0 aliphatic carbocycles. The maximum atomic E-state index is 13.0. The van der Waals surface area contributed by atoms with Gasteiger partial charge in [0, 0.05) is 47.5 Å². The first-order valence-corrected chi connectivity index (χ1v) is 11.8. The van der Waals surface area contributed by atoms with E-state index in [1.54, 1.807) is 42.7 Å². The predicted molar refractivity (Wildman–Crippen MR) is 130 cm³/mol. The summed E-state index contributed by atoms with van der Waals surface area (Å²) in [7, 11) is -3.80. The van der Waals surface area contributed by atoms with Gasteiger partial charge in [-0.05, 0) is 54.1 Å². The zero-order valence-electron chi connectivity index (χ0n) is 17.6. The standard InChI is InChI=1S/C25H21N5O2S/c26-21-10-6-18(7-11-21)17-30-16-15-28-25(30)20-8-12-22(13-9-20)29-33(31,32)23-5-1-3-19-4-2-14-27-24(19)23/h1-16,29H,17,26H2. The molecule has 3 N–H and O–H groups in total. The molecule has 0 bridgehead atoms. The number of hydrogen-bond donors (Lipinski definition) is 2. The highest BCUT2D eigenvalue weighted by Crippen LogP contribution is 2.25. The van der Waals surface area contributed by atoms with E-state index >= 15 is 0 Å². The highest BCUT2D eigenvalue weighted by Gasteiger charge is 2.18. The van der Waals surface area contributed by atoms with Crippen LogP contribution in [0.25, 0.3) is 22.3 Å². The van der Waals surface area contributed by atoms with Gasteiger partial charge < -0.3 is 10.3 Å². The minimum atomic E-state index is -3.80. The fraction of sp³-hybridized carbons (Fsp3) is 0.0400. The Morgan fingerprint density at radius 3 is 2.39 bits per heavy atom. The highest BCUT2D eigenvalue weighted by atomic mass is 32.2. The lowest BCUT2D eigenvalue weighted by Gasteiger charge is -2.11. The molecule has 0 aliphatic heterocycles. The molecule has 0 radical (unpaired) electrons. The fourth-order valence-electron chi connectivity index (χ4n) is 3.71. The lowest BCUT2D eigenvalue weighted by Crippen LogP contribution is -2.13. The van der Waals surface area contributed by atoms with Crippen molar-refractivity contribution in [3.63, 3.8) is 0 Å². The second-order valence-corrected chi connectivity index (χ2v) is 9.29. The minimum absolute atomic E-state index is 0.142. The minimum Gasteiger partial charge on any atom is -0.399 e. The van der Waals surface area contributed by atoms with Crippen LogP contribution in [0.15, 0.2) is 102 Å². The zero-order chi connectivity index (χ0) is 22.8. The molecule has 0 unspecified atom stereocenters. The van der Waals surface area contributed by atoms with Crippen LogP contribution in [0.4, 0.5) is 11.4 Å². The molecule has 0 aliphatic rings. The number of nitrogens with zero attached hydrogens (tertiary/aromatic N) is 3. The van der Waals surface area contributed by atoms with Gasteiger partial charge in [0.1, 0.15) is 10.7 Å². The van der Waals surface area contributed by atoms with Gasteiger partial charge in [-0.2, -0.15) is 0 Å². The first kappa shape index (κ1) is 20.7. The number of nitrogens with two attached hydrogens (primary N) is 1. The number of hydrogen-bond acceptors (Lipinski definition) is 5. The number of anilines is 2. The number of para-hydroxylation sites is 1. The van der Waals surface area contributed by atoms with Gasteiger partial charge in [-0.15, -0.1) is 0 Å². The summed E-state index contributed by atoms with van der Waals surface area (Å²) in [5.41, 5.74) is 9.38. The molecule has 7 nitrogen and oxygen atoms in total.